The summed E-state index contributed by atoms with van der Waals surface area (Å²) in [6.07, 6.45) is 4.55. The van der Waals surface area contributed by atoms with Gasteiger partial charge in [0.05, 0.1) is 11.5 Å². The molecule has 2 saturated heterocycles. The van der Waals surface area contributed by atoms with E-state index in [0.29, 0.717) is 17.1 Å². The number of aliphatic hydroxyl groups is 1. The molecule has 1 saturated carbocycles. The summed E-state index contributed by atoms with van der Waals surface area (Å²) in [6, 6.07) is 13.1. The SMILES string of the molecule is O=C1N(c2ccc(C3CC3)cc2)CCC12CCN(CC(O)Cc1c(F)cccc1Cl)CC2. The lowest BCUT2D eigenvalue weighted by Crippen LogP contribution is -2.46. The van der Waals surface area contributed by atoms with Gasteiger partial charge < -0.3 is 14.9 Å². The summed E-state index contributed by atoms with van der Waals surface area (Å²) in [7, 11) is 0. The molecule has 32 heavy (non-hydrogen) atoms. The quantitative estimate of drug-likeness (QED) is 0.680. The lowest BCUT2D eigenvalue weighted by atomic mass is 9.77. The highest BCUT2D eigenvalue weighted by atomic mass is 35.5. The fourth-order valence-electron chi connectivity index (χ4n) is 5.36. The van der Waals surface area contributed by atoms with Gasteiger partial charge in [-0.1, -0.05) is 29.8 Å². The first-order chi connectivity index (χ1) is 15.4. The van der Waals surface area contributed by atoms with Gasteiger partial charge in [0.1, 0.15) is 5.82 Å². The van der Waals surface area contributed by atoms with Crippen LogP contribution in [0, 0.1) is 11.2 Å². The van der Waals surface area contributed by atoms with E-state index in [-0.39, 0.29) is 23.6 Å². The maximum atomic E-state index is 14.0. The van der Waals surface area contributed by atoms with Crippen molar-refractivity contribution in [3.63, 3.8) is 0 Å². The third-order valence-electron chi connectivity index (χ3n) is 7.55. The van der Waals surface area contributed by atoms with Crippen molar-refractivity contribution in [2.75, 3.05) is 31.1 Å². The van der Waals surface area contributed by atoms with E-state index in [0.717, 1.165) is 50.5 Å². The molecular formula is C26H30ClFN2O2. The average Bonchev–Trinajstić information content (AvgIpc) is 3.59. The first-order valence-corrected chi connectivity index (χ1v) is 12.1. The van der Waals surface area contributed by atoms with Gasteiger partial charge >= 0.3 is 0 Å². The van der Waals surface area contributed by atoms with Crippen molar-refractivity contribution in [3.8, 4) is 0 Å². The van der Waals surface area contributed by atoms with E-state index in [9.17, 15) is 14.3 Å². The first kappa shape index (κ1) is 21.9. The minimum Gasteiger partial charge on any atom is -0.391 e. The molecule has 4 nitrogen and oxygen atoms in total. The lowest BCUT2D eigenvalue weighted by molar-refractivity contribution is -0.128. The van der Waals surface area contributed by atoms with Crippen LogP contribution in [-0.4, -0.2) is 48.2 Å². The van der Waals surface area contributed by atoms with E-state index in [1.54, 1.807) is 12.1 Å². The van der Waals surface area contributed by atoms with Crippen LogP contribution in [0.3, 0.4) is 0 Å². The molecule has 1 aliphatic carbocycles. The molecule has 170 valence electrons. The number of piperidine rings is 1. The van der Waals surface area contributed by atoms with Gasteiger partial charge in [0.2, 0.25) is 5.91 Å². The molecule has 2 aliphatic heterocycles. The van der Waals surface area contributed by atoms with Crippen molar-refractivity contribution in [2.24, 2.45) is 5.41 Å². The topological polar surface area (TPSA) is 43.8 Å². The van der Waals surface area contributed by atoms with Gasteiger partial charge in [0.15, 0.2) is 0 Å². The van der Waals surface area contributed by atoms with Crippen LogP contribution in [-0.2, 0) is 11.2 Å². The number of hydrogen-bond donors (Lipinski definition) is 1. The number of aliphatic hydroxyl groups excluding tert-OH is 1. The van der Waals surface area contributed by atoms with Crippen LogP contribution in [0.15, 0.2) is 42.5 Å². The second-order valence-corrected chi connectivity index (χ2v) is 10.1. The largest absolute Gasteiger partial charge is 0.391 e. The summed E-state index contributed by atoms with van der Waals surface area (Å²) in [4.78, 5) is 17.5. The Balaban J connectivity index is 1.16. The molecule has 1 amide bonds. The third-order valence-corrected chi connectivity index (χ3v) is 7.90. The second-order valence-electron chi connectivity index (χ2n) is 9.71. The zero-order valence-electron chi connectivity index (χ0n) is 18.3. The van der Waals surface area contributed by atoms with E-state index < -0.39 is 6.10 Å². The summed E-state index contributed by atoms with van der Waals surface area (Å²) in [5, 5.41) is 10.9. The zero-order valence-corrected chi connectivity index (χ0v) is 19.0. The Hall–Kier alpha value is -1.95. The molecule has 2 aromatic rings. The molecule has 1 atom stereocenters. The van der Waals surface area contributed by atoms with Gasteiger partial charge in [-0.3, -0.25) is 4.79 Å². The molecule has 0 aromatic heterocycles. The molecule has 0 bridgehead atoms. The number of hydrogen-bond acceptors (Lipinski definition) is 3. The summed E-state index contributed by atoms with van der Waals surface area (Å²) in [5.41, 5.74) is 2.48. The highest BCUT2D eigenvalue weighted by Gasteiger charge is 2.48. The minimum atomic E-state index is -0.695. The Morgan fingerprint density at radius 1 is 1.06 bits per heavy atom. The van der Waals surface area contributed by atoms with E-state index in [1.165, 1.54) is 24.5 Å². The second kappa shape index (κ2) is 8.77. The maximum absolute atomic E-state index is 14.0. The van der Waals surface area contributed by atoms with E-state index in [1.807, 2.05) is 4.90 Å². The highest BCUT2D eigenvalue weighted by molar-refractivity contribution is 6.31. The Labute approximate surface area is 194 Å². The number of nitrogens with zero attached hydrogens (tertiary/aromatic N) is 2. The normalized spacial score (nSPS) is 22.0. The number of β-amino-alcohol motifs (C(OH)–C–C–N with tert-alkyl or cyclic N) is 1. The molecular weight excluding hydrogens is 427 g/mol. The van der Waals surface area contributed by atoms with Crippen LogP contribution in [0.5, 0.6) is 0 Å². The third kappa shape index (κ3) is 4.30. The first-order valence-electron chi connectivity index (χ1n) is 11.7. The number of rotatable bonds is 6. The van der Waals surface area contributed by atoms with E-state index >= 15 is 0 Å². The van der Waals surface area contributed by atoms with Crippen LogP contribution in [0.2, 0.25) is 5.02 Å². The Morgan fingerprint density at radius 3 is 2.41 bits per heavy atom. The molecule has 1 spiro atoms. The van der Waals surface area contributed by atoms with Gasteiger partial charge in [-0.2, -0.15) is 0 Å². The van der Waals surface area contributed by atoms with Crippen molar-refractivity contribution in [1.82, 2.24) is 4.90 Å². The fraction of sp³-hybridized carbons (Fsp3) is 0.500. The monoisotopic (exact) mass is 456 g/mol. The minimum absolute atomic E-state index is 0.191. The standard InChI is InChI=1S/C26H30ClFN2O2/c27-23-2-1-3-24(28)22(23)16-21(31)17-29-13-10-26(11-14-29)12-15-30(25(26)32)20-8-6-19(7-9-20)18-4-5-18/h1-3,6-9,18,21,31H,4-5,10-17H2. The fourth-order valence-corrected chi connectivity index (χ4v) is 5.60. The van der Waals surface area contributed by atoms with Crippen LogP contribution >= 0.6 is 11.6 Å². The van der Waals surface area contributed by atoms with Crippen molar-refractivity contribution < 1.29 is 14.3 Å². The molecule has 0 radical (unpaired) electrons. The van der Waals surface area contributed by atoms with E-state index in [2.05, 4.69) is 29.2 Å². The number of likely N-dealkylation sites (tertiary alicyclic amines) is 1. The Morgan fingerprint density at radius 2 is 1.75 bits per heavy atom. The van der Waals surface area contributed by atoms with Crippen LogP contribution < -0.4 is 4.90 Å². The van der Waals surface area contributed by atoms with E-state index in [4.69, 9.17) is 11.6 Å². The highest BCUT2D eigenvalue weighted by Crippen LogP contribution is 2.44. The summed E-state index contributed by atoms with van der Waals surface area (Å²) in [5.74, 6) is 0.588. The number of carbonyl (C=O) groups excluding carboxylic acids is 1. The maximum Gasteiger partial charge on any atom is 0.233 e. The summed E-state index contributed by atoms with van der Waals surface area (Å²) < 4.78 is 14.0. The number of amides is 1. The molecule has 3 aliphatic rings. The summed E-state index contributed by atoms with van der Waals surface area (Å²) in [6.45, 7) is 2.77. The lowest BCUT2D eigenvalue weighted by Gasteiger charge is -2.38. The smallest absolute Gasteiger partial charge is 0.233 e. The van der Waals surface area contributed by atoms with Crippen LogP contribution in [0.25, 0.3) is 0 Å². The zero-order chi connectivity index (χ0) is 22.3. The molecule has 2 heterocycles. The average molecular weight is 457 g/mol. The van der Waals surface area contributed by atoms with Crippen molar-refractivity contribution >= 4 is 23.2 Å². The van der Waals surface area contributed by atoms with Crippen LogP contribution in [0.4, 0.5) is 10.1 Å². The Bertz CT molecular complexity index is 964. The van der Waals surface area contributed by atoms with Gasteiger partial charge in [0, 0.05) is 35.8 Å². The number of anilines is 1. The van der Waals surface area contributed by atoms with Gasteiger partial charge in [-0.05, 0) is 80.9 Å². The predicted molar refractivity (Wildman–Crippen MR) is 125 cm³/mol. The van der Waals surface area contributed by atoms with Crippen LogP contribution in [0.1, 0.15) is 49.1 Å². The molecule has 3 fully saturated rings. The summed E-state index contributed by atoms with van der Waals surface area (Å²) >= 11 is 6.10. The predicted octanol–water partition coefficient (Wildman–Crippen LogP) is 4.78. The molecule has 5 rings (SSSR count). The van der Waals surface area contributed by atoms with Gasteiger partial charge in [-0.15, -0.1) is 0 Å². The molecule has 1 unspecified atom stereocenters. The number of carbonyl (C=O) groups is 1. The molecule has 6 heteroatoms. The Kier molecular flexibility index (Phi) is 5.99. The molecule has 2 aromatic carbocycles. The van der Waals surface area contributed by atoms with Gasteiger partial charge in [0.25, 0.3) is 0 Å². The number of benzene rings is 2. The number of halogens is 2. The van der Waals surface area contributed by atoms with Gasteiger partial charge in [-0.25, -0.2) is 4.39 Å². The van der Waals surface area contributed by atoms with Crippen molar-refractivity contribution in [1.29, 1.82) is 0 Å². The molecule has 1 N–H and O–H groups in total. The van der Waals surface area contributed by atoms with Crippen molar-refractivity contribution in [2.45, 2.75) is 50.5 Å². The van der Waals surface area contributed by atoms with Crippen molar-refractivity contribution in [3.05, 3.63) is 64.4 Å².